The maximum absolute atomic E-state index is 12.1. The van der Waals surface area contributed by atoms with Crippen molar-refractivity contribution in [2.75, 3.05) is 13.2 Å². The van der Waals surface area contributed by atoms with E-state index in [1.807, 2.05) is 12.2 Å². The van der Waals surface area contributed by atoms with Crippen molar-refractivity contribution < 1.29 is 24.2 Å². The van der Waals surface area contributed by atoms with E-state index in [0.717, 1.165) is 83.5 Å². The summed E-state index contributed by atoms with van der Waals surface area (Å²) < 4.78 is 10.5. The Balaban J connectivity index is 3.80. The lowest BCUT2D eigenvalue weighted by Crippen LogP contribution is -2.28. The number of allylic oxidation sites excluding steroid dienone is 18. The standard InChI is InChI=1S/C41H62O5/c1-3-5-7-9-11-13-15-17-18-19-20-21-22-24-26-28-30-32-34-36-41(44)46-39(37-42)38-45-40(43)35-33-31-29-27-25-23-16-14-12-10-8-6-4-2/h5-8,11-14,17-18,20-21,23-26,29,31,39,42H,3-4,9-10,15-16,19,22,27-28,30,32-38H2,1-2H3/b7-5-,8-6-,13-11-,14-12-,18-17-,21-20-,25-23-,26-24-,31-29-. The predicted octanol–water partition coefficient (Wildman–Crippen LogP) is 10.7. The van der Waals surface area contributed by atoms with Gasteiger partial charge in [-0.1, -0.05) is 130 Å². The van der Waals surface area contributed by atoms with E-state index in [-0.39, 0.29) is 31.6 Å². The number of hydrogen-bond acceptors (Lipinski definition) is 5. The summed E-state index contributed by atoms with van der Waals surface area (Å²) >= 11 is 0. The zero-order chi connectivity index (χ0) is 33.6. The van der Waals surface area contributed by atoms with E-state index >= 15 is 0 Å². The third-order valence-electron chi connectivity index (χ3n) is 6.58. The van der Waals surface area contributed by atoms with Crippen LogP contribution in [0.2, 0.25) is 0 Å². The van der Waals surface area contributed by atoms with Crippen LogP contribution in [-0.2, 0) is 19.1 Å². The molecule has 5 nitrogen and oxygen atoms in total. The Bertz CT molecular complexity index is 990. The lowest BCUT2D eigenvalue weighted by atomic mass is 10.1. The molecule has 0 aromatic heterocycles. The van der Waals surface area contributed by atoms with Gasteiger partial charge in [0.05, 0.1) is 6.61 Å². The summed E-state index contributed by atoms with van der Waals surface area (Å²) in [6.45, 7) is 3.78. The first kappa shape index (κ1) is 42.6. The molecule has 0 aliphatic heterocycles. The zero-order valence-electron chi connectivity index (χ0n) is 28.8. The Hall–Kier alpha value is -3.44. The van der Waals surface area contributed by atoms with Crippen molar-refractivity contribution in [2.24, 2.45) is 0 Å². The summed E-state index contributed by atoms with van der Waals surface area (Å²) in [6.07, 6.45) is 51.5. The second-order valence-corrected chi connectivity index (χ2v) is 10.8. The van der Waals surface area contributed by atoms with Gasteiger partial charge in [0.1, 0.15) is 6.61 Å². The predicted molar refractivity (Wildman–Crippen MR) is 195 cm³/mol. The van der Waals surface area contributed by atoms with Gasteiger partial charge < -0.3 is 14.6 Å². The van der Waals surface area contributed by atoms with Crippen LogP contribution in [-0.4, -0.2) is 36.4 Å². The summed E-state index contributed by atoms with van der Waals surface area (Å²) in [4.78, 5) is 24.1. The van der Waals surface area contributed by atoms with Gasteiger partial charge in [-0.15, -0.1) is 0 Å². The van der Waals surface area contributed by atoms with Crippen LogP contribution < -0.4 is 0 Å². The molecule has 0 saturated heterocycles. The Morgan fingerprint density at radius 3 is 1.35 bits per heavy atom. The average Bonchev–Trinajstić information content (AvgIpc) is 3.06. The monoisotopic (exact) mass is 634 g/mol. The number of unbranched alkanes of at least 4 members (excludes halogenated alkanes) is 3. The third-order valence-corrected chi connectivity index (χ3v) is 6.58. The second-order valence-electron chi connectivity index (χ2n) is 10.8. The van der Waals surface area contributed by atoms with Crippen molar-refractivity contribution in [2.45, 2.75) is 123 Å². The van der Waals surface area contributed by atoms with Crippen LogP contribution in [0.25, 0.3) is 0 Å². The fraction of sp³-hybridized carbons (Fsp3) is 0.512. The SMILES string of the molecule is CC/C=C\C/C=C\C/C=C\C/C=C\C/C=C\CCCCCC(=O)OC(CO)COC(=O)CC/C=C\C/C=C\C/C=C\C/C=C\CC. The fourth-order valence-electron chi connectivity index (χ4n) is 4.00. The highest BCUT2D eigenvalue weighted by Gasteiger charge is 2.15. The number of carbonyl (C=O) groups is 2. The first-order valence-electron chi connectivity index (χ1n) is 17.4. The average molecular weight is 635 g/mol. The van der Waals surface area contributed by atoms with Gasteiger partial charge in [0.15, 0.2) is 6.10 Å². The van der Waals surface area contributed by atoms with E-state index in [2.05, 4.69) is 111 Å². The molecule has 1 atom stereocenters. The molecule has 5 heteroatoms. The van der Waals surface area contributed by atoms with Crippen molar-refractivity contribution in [3.05, 3.63) is 109 Å². The minimum Gasteiger partial charge on any atom is -0.462 e. The molecule has 0 radical (unpaired) electrons. The number of ether oxygens (including phenoxy) is 2. The minimum absolute atomic E-state index is 0.126. The molecule has 0 aliphatic rings. The van der Waals surface area contributed by atoms with Crippen LogP contribution in [0.3, 0.4) is 0 Å². The maximum atomic E-state index is 12.1. The van der Waals surface area contributed by atoms with Crippen LogP contribution in [0.5, 0.6) is 0 Å². The molecule has 0 aliphatic carbocycles. The zero-order valence-corrected chi connectivity index (χ0v) is 28.8. The van der Waals surface area contributed by atoms with Crippen LogP contribution >= 0.6 is 0 Å². The smallest absolute Gasteiger partial charge is 0.306 e. The molecule has 0 saturated carbocycles. The molecule has 0 bridgehead atoms. The molecule has 0 aromatic rings. The number of aliphatic hydroxyl groups excluding tert-OH is 1. The Morgan fingerprint density at radius 1 is 0.500 bits per heavy atom. The van der Waals surface area contributed by atoms with E-state index in [4.69, 9.17) is 9.47 Å². The summed E-state index contributed by atoms with van der Waals surface area (Å²) in [6, 6.07) is 0. The Morgan fingerprint density at radius 2 is 0.913 bits per heavy atom. The van der Waals surface area contributed by atoms with E-state index in [1.165, 1.54) is 0 Å². The van der Waals surface area contributed by atoms with Gasteiger partial charge in [-0.25, -0.2) is 0 Å². The van der Waals surface area contributed by atoms with Gasteiger partial charge in [-0.05, 0) is 83.5 Å². The number of aliphatic hydroxyl groups is 1. The number of esters is 2. The van der Waals surface area contributed by atoms with Crippen molar-refractivity contribution in [3.63, 3.8) is 0 Å². The fourth-order valence-corrected chi connectivity index (χ4v) is 4.00. The van der Waals surface area contributed by atoms with Crippen molar-refractivity contribution >= 4 is 11.9 Å². The normalized spacial score (nSPS) is 13.5. The van der Waals surface area contributed by atoms with E-state index in [9.17, 15) is 14.7 Å². The van der Waals surface area contributed by atoms with E-state index in [0.29, 0.717) is 12.8 Å². The molecule has 256 valence electrons. The first-order valence-corrected chi connectivity index (χ1v) is 17.4. The van der Waals surface area contributed by atoms with Gasteiger partial charge in [0, 0.05) is 12.8 Å². The molecular weight excluding hydrogens is 572 g/mol. The van der Waals surface area contributed by atoms with E-state index in [1.54, 1.807) is 0 Å². The molecule has 1 unspecified atom stereocenters. The molecule has 0 fully saturated rings. The van der Waals surface area contributed by atoms with Gasteiger partial charge in [0.25, 0.3) is 0 Å². The summed E-state index contributed by atoms with van der Waals surface area (Å²) in [5.41, 5.74) is 0. The summed E-state index contributed by atoms with van der Waals surface area (Å²) in [5, 5.41) is 9.51. The van der Waals surface area contributed by atoms with Crippen LogP contribution in [0.15, 0.2) is 109 Å². The molecule has 0 heterocycles. The lowest BCUT2D eigenvalue weighted by Gasteiger charge is -2.15. The topological polar surface area (TPSA) is 72.8 Å². The van der Waals surface area contributed by atoms with Crippen molar-refractivity contribution in [3.8, 4) is 0 Å². The molecule has 46 heavy (non-hydrogen) atoms. The van der Waals surface area contributed by atoms with Crippen LogP contribution in [0.1, 0.15) is 117 Å². The lowest BCUT2D eigenvalue weighted by molar-refractivity contribution is -0.161. The highest BCUT2D eigenvalue weighted by molar-refractivity contribution is 5.70. The number of rotatable bonds is 29. The quantitative estimate of drug-likeness (QED) is 0.0503. The number of carbonyl (C=O) groups excluding carboxylic acids is 2. The van der Waals surface area contributed by atoms with Gasteiger partial charge in [-0.3, -0.25) is 9.59 Å². The van der Waals surface area contributed by atoms with Crippen molar-refractivity contribution in [1.82, 2.24) is 0 Å². The van der Waals surface area contributed by atoms with Crippen LogP contribution in [0.4, 0.5) is 0 Å². The highest BCUT2D eigenvalue weighted by Crippen LogP contribution is 2.07. The first-order chi connectivity index (χ1) is 22.6. The molecule has 0 aromatic carbocycles. The summed E-state index contributed by atoms with van der Waals surface area (Å²) in [7, 11) is 0. The summed E-state index contributed by atoms with van der Waals surface area (Å²) in [5.74, 6) is -0.739. The molecule has 0 amide bonds. The largest absolute Gasteiger partial charge is 0.462 e. The Kier molecular flexibility index (Phi) is 33.3. The van der Waals surface area contributed by atoms with E-state index < -0.39 is 6.10 Å². The van der Waals surface area contributed by atoms with Gasteiger partial charge in [-0.2, -0.15) is 0 Å². The number of hydrogen-bond donors (Lipinski definition) is 1. The molecular formula is C41H62O5. The minimum atomic E-state index is -0.824. The second kappa shape index (κ2) is 36.0. The maximum Gasteiger partial charge on any atom is 0.306 e. The molecule has 0 rings (SSSR count). The Labute approximate surface area is 280 Å². The molecule has 0 spiro atoms. The van der Waals surface area contributed by atoms with Gasteiger partial charge in [0.2, 0.25) is 0 Å². The van der Waals surface area contributed by atoms with Gasteiger partial charge >= 0.3 is 11.9 Å². The molecule has 1 N–H and O–H groups in total. The van der Waals surface area contributed by atoms with Crippen LogP contribution in [0, 0.1) is 0 Å². The van der Waals surface area contributed by atoms with Crippen molar-refractivity contribution in [1.29, 1.82) is 0 Å². The third kappa shape index (κ3) is 33.5. The highest BCUT2D eigenvalue weighted by atomic mass is 16.6.